The van der Waals surface area contributed by atoms with Crippen LogP contribution in [-0.2, 0) is 65.4 Å². The van der Waals surface area contributed by atoms with Gasteiger partial charge in [-0.3, -0.25) is 37.3 Å². The molecule has 0 radical (unpaired) electrons. The molecule has 19 heteroatoms. The van der Waals surface area contributed by atoms with Crippen LogP contribution in [0.2, 0.25) is 0 Å². The van der Waals surface area contributed by atoms with Gasteiger partial charge in [0, 0.05) is 25.7 Å². The lowest BCUT2D eigenvalue weighted by atomic mass is 9.99. The van der Waals surface area contributed by atoms with Gasteiger partial charge in [0.2, 0.25) is 0 Å². The SMILES string of the molecule is CCCCCCCCCCCCCCC(=O)OC[C@H](COP(=O)(O)OC[C@@H](O)COP(=O)(O)OC[C@@H](COC(=O)CCCCCCCCC)OC(=O)CCCCCCCCCC)OC(=O)CCCCCCCCCCCCCCCCCCCCC(C)CC. The number of hydrogen-bond donors (Lipinski definition) is 3. The number of esters is 4. The van der Waals surface area contributed by atoms with Crippen molar-refractivity contribution in [2.75, 3.05) is 39.6 Å². The Kier molecular flexibility index (Phi) is 62.1. The van der Waals surface area contributed by atoms with Crippen molar-refractivity contribution >= 4 is 39.5 Å². The molecule has 89 heavy (non-hydrogen) atoms. The summed E-state index contributed by atoms with van der Waals surface area (Å²) in [4.78, 5) is 72.2. The molecule has 528 valence electrons. The Morgan fingerprint density at radius 2 is 0.539 bits per heavy atom. The molecule has 0 spiro atoms. The number of aliphatic hydroxyl groups is 1. The lowest BCUT2D eigenvalue weighted by Gasteiger charge is -2.21. The summed E-state index contributed by atoms with van der Waals surface area (Å²) >= 11 is 0. The van der Waals surface area contributed by atoms with Crippen molar-refractivity contribution < 1.29 is 80.2 Å². The molecule has 3 unspecified atom stereocenters. The molecule has 17 nitrogen and oxygen atoms in total. The Morgan fingerprint density at radius 3 is 0.798 bits per heavy atom. The zero-order chi connectivity index (χ0) is 65.6. The van der Waals surface area contributed by atoms with Crippen LogP contribution in [0.4, 0.5) is 0 Å². The molecule has 0 aromatic rings. The first-order valence-electron chi connectivity index (χ1n) is 36.7. The van der Waals surface area contributed by atoms with E-state index in [-0.39, 0.29) is 25.7 Å². The number of unbranched alkanes of at least 4 members (excludes halogenated alkanes) is 41. The molecular weight excluding hydrogens is 1170 g/mol. The maximum Gasteiger partial charge on any atom is 0.472 e. The number of carbonyl (C=O) groups is 4. The van der Waals surface area contributed by atoms with Crippen LogP contribution in [0.3, 0.4) is 0 Å². The van der Waals surface area contributed by atoms with E-state index in [0.717, 1.165) is 115 Å². The van der Waals surface area contributed by atoms with Crippen molar-refractivity contribution in [1.29, 1.82) is 0 Å². The molecule has 0 aliphatic rings. The minimum Gasteiger partial charge on any atom is -0.462 e. The Hall–Kier alpha value is -1.94. The number of carbonyl (C=O) groups excluding carboxylic acids is 4. The fraction of sp³-hybridized carbons (Fsp3) is 0.943. The molecule has 0 heterocycles. The molecule has 0 rings (SSSR count). The molecule has 0 aromatic carbocycles. The fourth-order valence-corrected chi connectivity index (χ4v) is 12.2. The number of ether oxygens (including phenoxy) is 4. The molecule has 0 aromatic heterocycles. The first kappa shape index (κ1) is 87.1. The second-order valence-electron chi connectivity index (χ2n) is 25.5. The highest BCUT2D eigenvalue weighted by Gasteiger charge is 2.30. The largest absolute Gasteiger partial charge is 0.472 e. The maximum atomic E-state index is 13.0. The van der Waals surface area contributed by atoms with Crippen LogP contribution >= 0.6 is 15.6 Å². The van der Waals surface area contributed by atoms with Gasteiger partial charge in [-0.25, -0.2) is 9.13 Å². The topological polar surface area (TPSA) is 237 Å². The first-order chi connectivity index (χ1) is 43.1. The quantitative estimate of drug-likeness (QED) is 0.0222. The number of phosphoric acid groups is 2. The Balaban J connectivity index is 5.10. The van der Waals surface area contributed by atoms with Crippen molar-refractivity contribution in [2.24, 2.45) is 5.92 Å². The smallest absolute Gasteiger partial charge is 0.462 e. The second kappa shape index (κ2) is 63.5. The van der Waals surface area contributed by atoms with Crippen LogP contribution in [0.15, 0.2) is 0 Å². The second-order valence-corrected chi connectivity index (χ2v) is 28.4. The summed E-state index contributed by atoms with van der Waals surface area (Å²) in [5.74, 6) is -1.26. The molecule has 6 atom stereocenters. The van der Waals surface area contributed by atoms with Crippen molar-refractivity contribution in [3.05, 3.63) is 0 Å². The average Bonchev–Trinajstić information content (AvgIpc) is 3.71. The molecule has 0 saturated carbocycles. The highest BCUT2D eigenvalue weighted by Crippen LogP contribution is 2.45. The predicted molar refractivity (Wildman–Crippen MR) is 358 cm³/mol. The van der Waals surface area contributed by atoms with Crippen LogP contribution < -0.4 is 0 Å². The Labute approximate surface area is 543 Å². The summed E-state index contributed by atoms with van der Waals surface area (Å²) in [5.41, 5.74) is 0. The standard InChI is InChI=1S/C70H136O17P2/c1-6-10-13-16-19-21-22-32-35-40-44-49-54-68(73)81-60-66(87-70(75)56-51-46-41-36-33-30-28-26-24-23-25-27-29-31-34-38-42-47-52-63(5)9-4)62-85-89(78,79)83-58-64(71)57-82-88(76,77)84-61-65(59-80-67(72)53-48-43-37-18-15-12-8-3)86-69(74)55-50-45-39-20-17-14-11-7-2/h63-66,71H,6-62H2,1-5H3,(H,76,77)(H,78,79)/t63?,64-,65+,66+/m0/s1. The number of rotatable bonds is 70. The van der Waals surface area contributed by atoms with Crippen LogP contribution in [0.5, 0.6) is 0 Å². The van der Waals surface area contributed by atoms with Crippen molar-refractivity contribution in [1.82, 2.24) is 0 Å². The van der Waals surface area contributed by atoms with Gasteiger partial charge in [-0.15, -0.1) is 0 Å². The molecular formula is C70H136O17P2. The molecule has 0 amide bonds. The van der Waals surface area contributed by atoms with E-state index in [1.165, 1.54) is 167 Å². The molecule has 0 saturated heterocycles. The van der Waals surface area contributed by atoms with Gasteiger partial charge in [-0.1, -0.05) is 311 Å². The van der Waals surface area contributed by atoms with Gasteiger partial charge in [0.15, 0.2) is 12.2 Å². The van der Waals surface area contributed by atoms with E-state index in [4.69, 9.17) is 37.0 Å². The summed E-state index contributed by atoms with van der Waals surface area (Å²) in [5, 5.41) is 10.5. The number of phosphoric ester groups is 2. The van der Waals surface area contributed by atoms with Crippen molar-refractivity contribution in [3.8, 4) is 0 Å². The summed E-state index contributed by atoms with van der Waals surface area (Å²) in [6.07, 6.45) is 50.2. The van der Waals surface area contributed by atoms with Crippen LogP contribution in [-0.4, -0.2) is 96.7 Å². The van der Waals surface area contributed by atoms with Gasteiger partial charge < -0.3 is 33.8 Å². The van der Waals surface area contributed by atoms with Gasteiger partial charge in [-0.05, 0) is 31.6 Å². The first-order valence-corrected chi connectivity index (χ1v) is 39.7. The van der Waals surface area contributed by atoms with E-state index >= 15 is 0 Å². The third-order valence-corrected chi connectivity index (χ3v) is 18.5. The van der Waals surface area contributed by atoms with Gasteiger partial charge in [-0.2, -0.15) is 0 Å². The van der Waals surface area contributed by atoms with E-state index in [2.05, 4.69) is 34.6 Å². The maximum absolute atomic E-state index is 13.0. The summed E-state index contributed by atoms with van der Waals surface area (Å²) in [6, 6.07) is 0. The highest BCUT2D eigenvalue weighted by molar-refractivity contribution is 7.47. The van der Waals surface area contributed by atoms with Gasteiger partial charge in [0.1, 0.15) is 19.3 Å². The fourth-order valence-electron chi connectivity index (χ4n) is 10.6. The van der Waals surface area contributed by atoms with Crippen LogP contribution in [0.25, 0.3) is 0 Å². The highest BCUT2D eigenvalue weighted by atomic mass is 31.2. The Morgan fingerprint density at radius 1 is 0.315 bits per heavy atom. The summed E-state index contributed by atoms with van der Waals surface area (Å²) in [6.45, 7) is 7.24. The van der Waals surface area contributed by atoms with Gasteiger partial charge >= 0.3 is 39.5 Å². The molecule has 0 bridgehead atoms. The van der Waals surface area contributed by atoms with E-state index < -0.39 is 97.5 Å². The minimum atomic E-state index is -4.95. The van der Waals surface area contributed by atoms with Gasteiger partial charge in [0.05, 0.1) is 26.4 Å². The number of aliphatic hydroxyl groups excluding tert-OH is 1. The zero-order valence-corrected chi connectivity index (χ0v) is 59.4. The van der Waals surface area contributed by atoms with Crippen LogP contribution in [0.1, 0.15) is 362 Å². The summed E-state index contributed by atoms with van der Waals surface area (Å²) in [7, 11) is -9.89. The Bertz CT molecular complexity index is 1720. The van der Waals surface area contributed by atoms with Crippen molar-refractivity contribution in [2.45, 2.75) is 380 Å². The van der Waals surface area contributed by atoms with Crippen LogP contribution in [0, 0.1) is 5.92 Å². The summed E-state index contributed by atoms with van der Waals surface area (Å²) < 4.78 is 68.0. The van der Waals surface area contributed by atoms with E-state index in [1.807, 2.05) is 0 Å². The van der Waals surface area contributed by atoms with E-state index in [1.54, 1.807) is 0 Å². The lowest BCUT2D eigenvalue weighted by molar-refractivity contribution is -0.161. The average molecular weight is 1310 g/mol. The zero-order valence-electron chi connectivity index (χ0n) is 57.6. The lowest BCUT2D eigenvalue weighted by Crippen LogP contribution is -2.30. The third kappa shape index (κ3) is 63.2. The normalized spacial score (nSPS) is 14.4. The number of hydrogen-bond acceptors (Lipinski definition) is 15. The molecule has 0 fully saturated rings. The van der Waals surface area contributed by atoms with E-state index in [0.29, 0.717) is 25.7 Å². The monoisotopic (exact) mass is 1310 g/mol. The van der Waals surface area contributed by atoms with Gasteiger partial charge in [0.25, 0.3) is 0 Å². The predicted octanol–water partition coefficient (Wildman–Crippen LogP) is 20.1. The minimum absolute atomic E-state index is 0.105. The molecule has 3 N–H and O–H groups in total. The third-order valence-electron chi connectivity index (χ3n) is 16.6. The van der Waals surface area contributed by atoms with E-state index in [9.17, 15) is 43.2 Å². The van der Waals surface area contributed by atoms with Crippen molar-refractivity contribution in [3.63, 3.8) is 0 Å². The molecule has 0 aliphatic heterocycles. The molecule has 0 aliphatic carbocycles.